The summed E-state index contributed by atoms with van der Waals surface area (Å²) in [5, 5.41) is 0. The van der Waals surface area contributed by atoms with Gasteiger partial charge in [-0.3, -0.25) is 0 Å². The van der Waals surface area contributed by atoms with Crippen molar-refractivity contribution in [3.05, 3.63) is 24.3 Å². The van der Waals surface area contributed by atoms with E-state index in [-0.39, 0.29) is 0 Å². The zero-order chi connectivity index (χ0) is 6.69. The van der Waals surface area contributed by atoms with Gasteiger partial charge >= 0.3 is 0 Å². The zero-order valence-corrected chi connectivity index (χ0v) is 5.54. The summed E-state index contributed by atoms with van der Waals surface area (Å²) in [4.78, 5) is 0. The Kier molecular flexibility index (Phi) is 1.75. The van der Waals surface area contributed by atoms with Crippen LogP contribution in [0.5, 0.6) is 0 Å². The molecule has 0 radical (unpaired) electrons. The second-order valence-corrected chi connectivity index (χ2v) is 2.32. The van der Waals surface area contributed by atoms with Gasteiger partial charge in [0.1, 0.15) is 0 Å². The first kappa shape index (κ1) is 6.16. The van der Waals surface area contributed by atoms with Crippen molar-refractivity contribution in [3.63, 3.8) is 0 Å². The van der Waals surface area contributed by atoms with Crippen LogP contribution in [-0.2, 0) is 0 Å². The van der Waals surface area contributed by atoms with Crippen LogP contribution in [0.1, 0.15) is 6.92 Å². The minimum Gasteiger partial charge on any atom is -0.119 e. The molecule has 0 heteroatoms. The quantitative estimate of drug-likeness (QED) is 0.427. The fraction of sp³-hybridized carbons (Fsp3) is 0.333. The highest BCUT2D eigenvalue weighted by Gasteiger charge is 2.08. The molecule has 46 valence electrons. The topological polar surface area (TPSA) is 0 Å². The van der Waals surface area contributed by atoms with Crippen molar-refractivity contribution in [2.75, 3.05) is 0 Å². The van der Waals surface area contributed by atoms with E-state index >= 15 is 0 Å². The van der Waals surface area contributed by atoms with Gasteiger partial charge in [-0.25, -0.2) is 0 Å². The number of hydrogen-bond donors (Lipinski definition) is 0. The lowest BCUT2D eigenvalue weighted by Crippen LogP contribution is -2.05. The molecule has 0 nitrogen and oxygen atoms in total. The van der Waals surface area contributed by atoms with Gasteiger partial charge in [-0.1, -0.05) is 37.1 Å². The molecule has 1 aliphatic rings. The largest absolute Gasteiger partial charge is 0.119 e. The van der Waals surface area contributed by atoms with Gasteiger partial charge in [-0.15, -0.1) is 6.42 Å². The van der Waals surface area contributed by atoms with Gasteiger partial charge in [0.25, 0.3) is 0 Å². The van der Waals surface area contributed by atoms with Crippen LogP contribution < -0.4 is 0 Å². The van der Waals surface area contributed by atoms with Gasteiger partial charge in [0.15, 0.2) is 0 Å². The van der Waals surface area contributed by atoms with Gasteiger partial charge in [-0.2, -0.15) is 0 Å². The average Bonchev–Trinajstić information content (AvgIpc) is 1.89. The molecule has 0 aliphatic heterocycles. The SMILES string of the molecule is C#CC1C=CC=CC1C. The normalized spacial score (nSPS) is 32.0. The molecule has 0 bridgehead atoms. The molecule has 1 rings (SSSR count). The van der Waals surface area contributed by atoms with Crippen molar-refractivity contribution in [1.82, 2.24) is 0 Å². The summed E-state index contributed by atoms with van der Waals surface area (Å²) in [6, 6.07) is 0. The summed E-state index contributed by atoms with van der Waals surface area (Å²) in [6.07, 6.45) is 13.5. The molecule has 0 amide bonds. The Hall–Kier alpha value is -0.960. The summed E-state index contributed by atoms with van der Waals surface area (Å²) < 4.78 is 0. The molecule has 0 saturated carbocycles. The van der Waals surface area contributed by atoms with E-state index in [1.54, 1.807) is 0 Å². The summed E-state index contributed by atoms with van der Waals surface area (Å²) in [5.74, 6) is 3.54. The molecule has 0 N–H and O–H groups in total. The maximum Gasteiger partial charge on any atom is 0.0443 e. The first-order valence-electron chi connectivity index (χ1n) is 3.15. The molecule has 0 aromatic rings. The highest BCUT2D eigenvalue weighted by Crippen LogP contribution is 2.16. The summed E-state index contributed by atoms with van der Waals surface area (Å²) >= 11 is 0. The molecule has 0 fully saturated rings. The van der Waals surface area contributed by atoms with E-state index in [0.29, 0.717) is 11.8 Å². The Morgan fingerprint density at radius 2 is 2.00 bits per heavy atom. The van der Waals surface area contributed by atoms with Crippen LogP contribution in [0.15, 0.2) is 24.3 Å². The lowest BCUT2D eigenvalue weighted by atomic mass is 9.91. The minimum absolute atomic E-state index is 0.315. The lowest BCUT2D eigenvalue weighted by molar-refractivity contribution is 0.624. The van der Waals surface area contributed by atoms with E-state index in [2.05, 4.69) is 25.0 Å². The Morgan fingerprint density at radius 3 is 2.44 bits per heavy atom. The van der Waals surface area contributed by atoms with Crippen LogP contribution in [0.3, 0.4) is 0 Å². The Morgan fingerprint density at radius 1 is 1.33 bits per heavy atom. The Labute approximate surface area is 56.3 Å². The first-order chi connectivity index (χ1) is 4.34. The standard InChI is InChI=1S/C9H10/c1-3-9-7-5-4-6-8(9)2/h1,4-9H,2H3. The van der Waals surface area contributed by atoms with Gasteiger partial charge in [-0.05, 0) is 5.92 Å². The van der Waals surface area contributed by atoms with Crippen LogP contribution in [0.2, 0.25) is 0 Å². The molecule has 0 saturated heterocycles. The highest BCUT2D eigenvalue weighted by molar-refractivity contribution is 5.20. The molecule has 0 aromatic heterocycles. The molecule has 2 unspecified atom stereocenters. The third-order valence-electron chi connectivity index (χ3n) is 1.60. The second-order valence-electron chi connectivity index (χ2n) is 2.32. The van der Waals surface area contributed by atoms with Crippen molar-refractivity contribution in [1.29, 1.82) is 0 Å². The lowest BCUT2D eigenvalue weighted by Gasteiger charge is -2.12. The molecular formula is C9H10. The van der Waals surface area contributed by atoms with Crippen LogP contribution in [0.25, 0.3) is 0 Å². The average molecular weight is 118 g/mol. The predicted octanol–water partition coefficient (Wildman–Crippen LogP) is 2.00. The third kappa shape index (κ3) is 1.23. The van der Waals surface area contributed by atoms with Crippen molar-refractivity contribution >= 4 is 0 Å². The van der Waals surface area contributed by atoms with Crippen molar-refractivity contribution in [2.45, 2.75) is 6.92 Å². The van der Waals surface area contributed by atoms with Gasteiger partial charge in [0.2, 0.25) is 0 Å². The van der Waals surface area contributed by atoms with Crippen LogP contribution >= 0.6 is 0 Å². The van der Waals surface area contributed by atoms with Crippen molar-refractivity contribution in [3.8, 4) is 12.3 Å². The number of rotatable bonds is 0. The zero-order valence-electron chi connectivity index (χ0n) is 5.54. The van der Waals surface area contributed by atoms with Crippen LogP contribution in [0, 0.1) is 24.2 Å². The molecule has 1 aliphatic carbocycles. The van der Waals surface area contributed by atoms with Gasteiger partial charge in [0, 0.05) is 5.92 Å². The number of allylic oxidation sites excluding steroid dienone is 4. The van der Waals surface area contributed by atoms with E-state index in [9.17, 15) is 0 Å². The van der Waals surface area contributed by atoms with Gasteiger partial charge < -0.3 is 0 Å². The molecule has 0 heterocycles. The van der Waals surface area contributed by atoms with Crippen LogP contribution in [-0.4, -0.2) is 0 Å². The number of hydrogen-bond acceptors (Lipinski definition) is 0. The first-order valence-corrected chi connectivity index (χ1v) is 3.15. The van der Waals surface area contributed by atoms with E-state index in [1.807, 2.05) is 12.2 Å². The minimum atomic E-state index is 0.315. The maximum atomic E-state index is 5.26. The maximum absolute atomic E-state index is 5.26. The van der Waals surface area contributed by atoms with E-state index in [1.165, 1.54) is 0 Å². The highest BCUT2D eigenvalue weighted by atomic mass is 14.1. The van der Waals surface area contributed by atoms with Crippen molar-refractivity contribution < 1.29 is 0 Å². The van der Waals surface area contributed by atoms with E-state index < -0.39 is 0 Å². The third-order valence-corrected chi connectivity index (χ3v) is 1.60. The Balaban J connectivity index is 2.68. The number of terminal acetylenes is 1. The van der Waals surface area contributed by atoms with Crippen LogP contribution in [0.4, 0.5) is 0 Å². The summed E-state index contributed by atoms with van der Waals surface area (Å²) in [5.41, 5.74) is 0. The fourth-order valence-corrected chi connectivity index (χ4v) is 0.926. The smallest absolute Gasteiger partial charge is 0.0443 e. The van der Waals surface area contributed by atoms with Crippen molar-refractivity contribution in [2.24, 2.45) is 11.8 Å². The second kappa shape index (κ2) is 2.55. The molecule has 9 heavy (non-hydrogen) atoms. The monoisotopic (exact) mass is 118 g/mol. The molecule has 0 aromatic carbocycles. The van der Waals surface area contributed by atoms with Gasteiger partial charge in [0.05, 0.1) is 0 Å². The summed E-state index contributed by atoms with van der Waals surface area (Å²) in [7, 11) is 0. The molecule has 2 atom stereocenters. The molecule has 0 spiro atoms. The van der Waals surface area contributed by atoms with E-state index in [4.69, 9.17) is 6.42 Å². The summed E-state index contributed by atoms with van der Waals surface area (Å²) in [6.45, 7) is 2.13. The predicted molar refractivity (Wildman–Crippen MR) is 39.8 cm³/mol. The Bertz CT molecular complexity index is 179. The molecular weight excluding hydrogens is 108 g/mol. The van der Waals surface area contributed by atoms with E-state index in [0.717, 1.165) is 0 Å². The fourth-order valence-electron chi connectivity index (χ4n) is 0.926.